The third-order valence-corrected chi connectivity index (χ3v) is 16.1. The van der Waals surface area contributed by atoms with Crippen molar-refractivity contribution < 1.29 is 27.7 Å². The van der Waals surface area contributed by atoms with E-state index in [2.05, 4.69) is 90.0 Å². The summed E-state index contributed by atoms with van der Waals surface area (Å²) < 4.78 is 49.6. The van der Waals surface area contributed by atoms with Crippen LogP contribution in [0.2, 0.25) is 0 Å². The van der Waals surface area contributed by atoms with Gasteiger partial charge in [-0.15, -0.1) is 0 Å². The lowest BCUT2D eigenvalue weighted by Gasteiger charge is -2.38. The highest BCUT2D eigenvalue weighted by atomic mass is 19.3. The zero-order valence-electron chi connectivity index (χ0n) is 46.0. The molecule has 0 spiro atoms. The molecule has 4 nitrogen and oxygen atoms in total. The molecule has 2 aromatic carbocycles. The number of fused-ring (bicyclic) bond motifs is 2. The summed E-state index contributed by atoms with van der Waals surface area (Å²) in [4.78, 5) is 0. The molecule has 4 rings (SSSR count). The van der Waals surface area contributed by atoms with Gasteiger partial charge in [0, 0.05) is 11.1 Å². The van der Waals surface area contributed by atoms with E-state index in [9.17, 15) is 8.78 Å². The van der Waals surface area contributed by atoms with Crippen LogP contribution in [0.5, 0.6) is 23.0 Å². The Bertz CT molecular complexity index is 1750. The first-order chi connectivity index (χ1) is 31.0. The number of rotatable bonds is 27. The van der Waals surface area contributed by atoms with Gasteiger partial charge in [0.2, 0.25) is 0 Å². The fourth-order valence-electron chi connectivity index (χ4n) is 11.1. The zero-order valence-corrected chi connectivity index (χ0v) is 46.0. The molecule has 2 heterocycles. The molecule has 0 saturated carbocycles. The van der Waals surface area contributed by atoms with Crippen LogP contribution in [0, 0.1) is 77.0 Å². The van der Waals surface area contributed by atoms with Gasteiger partial charge in [0.05, 0.1) is 7.11 Å². The topological polar surface area (TPSA) is 36.9 Å². The molecular weight excluding hydrogens is 835 g/mol. The summed E-state index contributed by atoms with van der Waals surface area (Å²) in [5, 5.41) is 0. The molecule has 0 bridgehead atoms. The van der Waals surface area contributed by atoms with Crippen molar-refractivity contribution in [1.82, 2.24) is 0 Å². The van der Waals surface area contributed by atoms with Gasteiger partial charge in [-0.3, -0.25) is 0 Å². The summed E-state index contributed by atoms with van der Waals surface area (Å²) in [6.45, 7) is 33.0. The van der Waals surface area contributed by atoms with Crippen LogP contribution in [0.25, 0.3) is 0 Å². The quantitative estimate of drug-likeness (QED) is 0.0894. The van der Waals surface area contributed by atoms with Gasteiger partial charge in [0.25, 0.3) is 0 Å². The van der Waals surface area contributed by atoms with Crippen molar-refractivity contribution in [3.63, 3.8) is 0 Å². The van der Waals surface area contributed by atoms with Crippen LogP contribution >= 0.6 is 0 Å². The second kappa shape index (κ2) is 29.0. The van der Waals surface area contributed by atoms with Crippen molar-refractivity contribution in [3.05, 3.63) is 44.5 Å². The molecule has 388 valence electrons. The highest BCUT2D eigenvalue weighted by Crippen LogP contribution is 2.47. The minimum absolute atomic E-state index is 0. The Morgan fingerprint density at radius 2 is 0.776 bits per heavy atom. The predicted octanol–water partition coefficient (Wildman–Crippen LogP) is 19.5. The van der Waals surface area contributed by atoms with Gasteiger partial charge in [-0.2, -0.15) is 8.78 Å². The molecular formula is C61H106F2O4. The van der Waals surface area contributed by atoms with Crippen molar-refractivity contribution in [2.24, 2.45) is 35.5 Å². The molecule has 2 aliphatic heterocycles. The number of alkyl halides is 2. The van der Waals surface area contributed by atoms with E-state index in [1.807, 2.05) is 20.8 Å². The minimum Gasteiger partial charge on any atom is -0.496 e. The molecule has 6 heteroatoms. The van der Waals surface area contributed by atoms with Gasteiger partial charge in [-0.05, 0) is 176 Å². The lowest BCUT2D eigenvalue weighted by Crippen LogP contribution is -2.37. The Kier molecular flexibility index (Phi) is 26.2. The molecule has 0 radical (unpaired) electrons. The van der Waals surface area contributed by atoms with E-state index in [0.717, 1.165) is 114 Å². The summed E-state index contributed by atoms with van der Waals surface area (Å²) in [6, 6.07) is 0. The third kappa shape index (κ3) is 19.3. The first-order valence-corrected chi connectivity index (χ1v) is 27.1. The maximum absolute atomic E-state index is 12.9. The monoisotopic (exact) mass is 941 g/mol. The summed E-state index contributed by atoms with van der Waals surface area (Å²) in [5.41, 5.74) is 8.40. The van der Waals surface area contributed by atoms with Crippen molar-refractivity contribution in [1.29, 1.82) is 0 Å². The third-order valence-electron chi connectivity index (χ3n) is 16.1. The van der Waals surface area contributed by atoms with Crippen LogP contribution in [0.4, 0.5) is 8.78 Å². The normalized spacial score (nSPS) is 19.6. The summed E-state index contributed by atoms with van der Waals surface area (Å²) >= 11 is 0. The first-order valence-electron chi connectivity index (χ1n) is 27.1. The van der Waals surface area contributed by atoms with Gasteiger partial charge in [-0.1, -0.05) is 153 Å². The van der Waals surface area contributed by atoms with Crippen molar-refractivity contribution in [2.45, 2.75) is 277 Å². The summed E-state index contributed by atoms with van der Waals surface area (Å²) in [5.74, 6) is 8.38. The fourth-order valence-corrected chi connectivity index (χ4v) is 11.1. The molecule has 2 aliphatic rings. The Morgan fingerprint density at radius 3 is 1.10 bits per heavy atom. The lowest BCUT2D eigenvalue weighted by molar-refractivity contribution is -0.0510. The van der Waals surface area contributed by atoms with Crippen LogP contribution in [-0.4, -0.2) is 24.9 Å². The van der Waals surface area contributed by atoms with Crippen molar-refractivity contribution in [2.75, 3.05) is 7.11 Å². The highest BCUT2D eigenvalue weighted by Gasteiger charge is 2.36. The highest BCUT2D eigenvalue weighted by molar-refractivity contribution is 5.60. The van der Waals surface area contributed by atoms with E-state index in [4.69, 9.17) is 18.9 Å². The van der Waals surface area contributed by atoms with E-state index in [1.165, 1.54) is 125 Å². The molecule has 6 unspecified atom stereocenters. The number of benzene rings is 2. The van der Waals surface area contributed by atoms with Gasteiger partial charge >= 0.3 is 6.61 Å². The number of ether oxygens (including phenoxy) is 4. The number of halogens is 2. The molecule has 0 amide bonds. The maximum atomic E-state index is 12.9. The van der Waals surface area contributed by atoms with Gasteiger partial charge in [-0.25, -0.2) is 0 Å². The second-order valence-electron chi connectivity index (χ2n) is 23.4. The minimum atomic E-state index is -2.81. The van der Waals surface area contributed by atoms with Gasteiger partial charge in [0.1, 0.15) is 34.2 Å². The standard InChI is InChI=1S/C30H50F2O2.C30H52O2.CH4/c1-20(2)12-9-13-21(3)14-10-15-22(4)16-11-18-30(8)19-17-26-25(7)27(33-29(31)32)23(5)24(6)28(26)34-30;1-21(2)13-10-14-22(3)15-11-16-23(4)17-12-19-30(8)20-18-27-26(7)28(31-9)24(5)25(6)29(27)32-30;/h20-22,29H,9-19H2,1-8H3;21-23H,10-20H2,1-9H3;1H4. The van der Waals surface area contributed by atoms with Crippen LogP contribution in [0.3, 0.4) is 0 Å². The van der Waals surface area contributed by atoms with Crippen LogP contribution < -0.4 is 18.9 Å². The molecule has 0 aliphatic carbocycles. The van der Waals surface area contributed by atoms with E-state index in [-0.39, 0.29) is 18.6 Å². The van der Waals surface area contributed by atoms with Crippen molar-refractivity contribution in [3.8, 4) is 23.0 Å². The molecule has 0 fully saturated rings. The molecule has 0 N–H and O–H groups in total. The second-order valence-corrected chi connectivity index (χ2v) is 23.4. The van der Waals surface area contributed by atoms with Crippen LogP contribution in [0.15, 0.2) is 0 Å². The maximum Gasteiger partial charge on any atom is 0.387 e. The Hall–Kier alpha value is -2.50. The van der Waals surface area contributed by atoms with E-state index >= 15 is 0 Å². The Labute approximate surface area is 413 Å². The number of hydrogen-bond donors (Lipinski definition) is 0. The van der Waals surface area contributed by atoms with Crippen molar-refractivity contribution >= 4 is 0 Å². The SMILES string of the molecule is C.COc1c(C)c(C)c2c(c1C)CCC(C)(CCCC(C)CCCC(C)CCCC(C)C)O2.Cc1c(C)c2c(c(C)c1OC(F)F)CCC(C)(CCCC(C)CCCC(C)CCCC(C)C)O2. The zero-order chi connectivity index (χ0) is 49.4. The summed E-state index contributed by atoms with van der Waals surface area (Å²) in [7, 11) is 1.78. The summed E-state index contributed by atoms with van der Waals surface area (Å²) in [6.07, 6.45) is 27.7. The number of methoxy groups -OCH3 is 1. The Balaban J connectivity index is 0.000000454. The molecule has 0 aromatic heterocycles. The average Bonchev–Trinajstić information content (AvgIpc) is 3.23. The van der Waals surface area contributed by atoms with Gasteiger partial charge < -0.3 is 18.9 Å². The fraction of sp³-hybridized carbons (Fsp3) is 0.803. The average molecular weight is 942 g/mol. The predicted molar refractivity (Wildman–Crippen MR) is 285 cm³/mol. The van der Waals surface area contributed by atoms with E-state index in [1.54, 1.807) is 7.11 Å². The molecule has 2 aromatic rings. The van der Waals surface area contributed by atoms with E-state index in [0.29, 0.717) is 5.75 Å². The Morgan fingerprint density at radius 1 is 0.463 bits per heavy atom. The smallest absolute Gasteiger partial charge is 0.387 e. The van der Waals surface area contributed by atoms with Gasteiger partial charge in [0.15, 0.2) is 0 Å². The molecule has 6 atom stereocenters. The number of hydrogen-bond acceptors (Lipinski definition) is 4. The molecule has 0 saturated heterocycles. The lowest BCUT2D eigenvalue weighted by atomic mass is 9.83. The molecule has 67 heavy (non-hydrogen) atoms. The largest absolute Gasteiger partial charge is 0.496 e. The van der Waals surface area contributed by atoms with E-state index < -0.39 is 6.61 Å². The van der Waals surface area contributed by atoms with Crippen LogP contribution in [-0.2, 0) is 12.8 Å². The first kappa shape index (κ1) is 60.6. The van der Waals surface area contributed by atoms with Crippen LogP contribution in [0.1, 0.15) is 250 Å².